The first-order valence-corrected chi connectivity index (χ1v) is 4.79. The lowest BCUT2D eigenvalue weighted by Gasteiger charge is -2.28. The van der Waals surface area contributed by atoms with Gasteiger partial charge in [-0.05, 0) is 25.7 Å². The first-order valence-electron chi connectivity index (χ1n) is 4.79. The third kappa shape index (κ3) is 5.24. The van der Waals surface area contributed by atoms with E-state index < -0.39 is 11.7 Å². The van der Waals surface area contributed by atoms with Gasteiger partial charge >= 0.3 is 0 Å². The molecule has 0 saturated heterocycles. The topological polar surface area (TPSA) is 49.7 Å². The van der Waals surface area contributed by atoms with Gasteiger partial charge in [-0.3, -0.25) is 0 Å². The van der Waals surface area contributed by atoms with E-state index in [2.05, 4.69) is 0 Å². The van der Waals surface area contributed by atoms with Gasteiger partial charge < -0.3 is 14.9 Å². The molecule has 0 radical (unpaired) electrons. The van der Waals surface area contributed by atoms with Crippen LogP contribution in [0.25, 0.3) is 0 Å². The van der Waals surface area contributed by atoms with E-state index in [1.54, 1.807) is 14.0 Å². The number of aliphatic hydroxyl groups excluding tert-OH is 1. The maximum atomic E-state index is 9.86. The van der Waals surface area contributed by atoms with E-state index in [1.165, 1.54) is 0 Å². The van der Waals surface area contributed by atoms with Gasteiger partial charge in [-0.2, -0.15) is 0 Å². The van der Waals surface area contributed by atoms with E-state index in [0.717, 1.165) is 0 Å². The monoisotopic (exact) mass is 190 g/mol. The van der Waals surface area contributed by atoms with E-state index >= 15 is 0 Å². The van der Waals surface area contributed by atoms with Crippen LogP contribution in [0, 0.1) is 5.92 Å². The van der Waals surface area contributed by atoms with Crippen molar-refractivity contribution in [3.05, 3.63) is 0 Å². The van der Waals surface area contributed by atoms with Crippen LogP contribution < -0.4 is 0 Å². The van der Waals surface area contributed by atoms with Crippen molar-refractivity contribution in [2.24, 2.45) is 5.92 Å². The lowest BCUT2D eigenvalue weighted by Crippen LogP contribution is -2.32. The number of aliphatic hydroxyl groups is 2. The van der Waals surface area contributed by atoms with Crippen molar-refractivity contribution < 1.29 is 14.9 Å². The standard InChI is InChI=1S/C10H22O3/c1-8(2)10(3,12)6-5-9(11)7-13-4/h8-9,11-12H,5-7H2,1-4H3. The highest BCUT2D eigenvalue weighted by Crippen LogP contribution is 2.22. The Morgan fingerprint density at radius 1 is 1.38 bits per heavy atom. The first kappa shape index (κ1) is 12.9. The SMILES string of the molecule is COCC(O)CCC(C)(O)C(C)C. The number of hydrogen-bond donors (Lipinski definition) is 2. The van der Waals surface area contributed by atoms with Gasteiger partial charge in [0, 0.05) is 7.11 Å². The Morgan fingerprint density at radius 2 is 1.92 bits per heavy atom. The van der Waals surface area contributed by atoms with Crippen LogP contribution in [0.2, 0.25) is 0 Å². The molecule has 0 amide bonds. The number of methoxy groups -OCH3 is 1. The molecule has 0 aliphatic carbocycles. The van der Waals surface area contributed by atoms with Gasteiger partial charge in [0.2, 0.25) is 0 Å². The summed E-state index contributed by atoms with van der Waals surface area (Å²) >= 11 is 0. The zero-order valence-corrected chi connectivity index (χ0v) is 9.08. The van der Waals surface area contributed by atoms with Crippen molar-refractivity contribution in [2.75, 3.05) is 13.7 Å². The van der Waals surface area contributed by atoms with Crippen molar-refractivity contribution in [3.8, 4) is 0 Å². The minimum Gasteiger partial charge on any atom is -0.391 e. The van der Waals surface area contributed by atoms with E-state index in [9.17, 15) is 10.2 Å². The normalized spacial score (nSPS) is 18.7. The molecular weight excluding hydrogens is 168 g/mol. The number of rotatable bonds is 6. The van der Waals surface area contributed by atoms with Crippen LogP contribution in [0.4, 0.5) is 0 Å². The Morgan fingerprint density at radius 3 is 2.31 bits per heavy atom. The van der Waals surface area contributed by atoms with Gasteiger partial charge in [-0.15, -0.1) is 0 Å². The predicted molar refractivity (Wildman–Crippen MR) is 52.6 cm³/mol. The second-order valence-corrected chi connectivity index (χ2v) is 4.16. The molecule has 0 bridgehead atoms. The molecular formula is C10H22O3. The van der Waals surface area contributed by atoms with E-state index in [0.29, 0.717) is 19.4 Å². The van der Waals surface area contributed by atoms with Crippen LogP contribution in [0.1, 0.15) is 33.6 Å². The summed E-state index contributed by atoms with van der Waals surface area (Å²) < 4.78 is 4.80. The highest BCUT2D eigenvalue weighted by molar-refractivity contribution is 4.77. The van der Waals surface area contributed by atoms with Crippen molar-refractivity contribution >= 4 is 0 Å². The summed E-state index contributed by atoms with van der Waals surface area (Å²) in [6.45, 7) is 6.09. The Bertz CT molecular complexity index is 132. The summed E-state index contributed by atoms with van der Waals surface area (Å²) in [5.41, 5.74) is -0.686. The maximum absolute atomic E-state index is 9.86. The van der Waals surface area contributed by atoms with Gasteiger partial charge in [0.05, 0.1) is 18.3 Å². The summed E-state index contributed by atoms with van der Waals surface area (Å²) in [5.74, 6) is 0.210. The summed E-state index contributed by atoms with van der Waals surface area (Å²) in [4.78, 5) is 0. The van der Waals surface area contributed by atoms with Crippen LogP contribution in [-0.2, 0) is 4.74 Å². The Balaban J connectivity index is 3.74. The molecule has 2 N–H and O–H groups in total. The van der Waals surface area contributed by atoms with Crippen molar-refractivity contribution in [2.45, 2.75) is 45.3 Å². The Labute approximate surface area is 80.7 Å². The van der Waals surface area contributed by atoms with Crippen LogP contribution in [0.3, 0.4) is 0 Å². The summed E-state index contributed by atoms with van der Waals surface area (Å²) in [7, 11) is 1.56. The Hall–Kier alpha value is -0.120. The molecule has 13 heavy (non-hydrogen) atoms. The molecule has 0 aromatic heterocycles. The van der Waals surface area contributed by atoms with Gasteiger partial charge in [0.1, 0.15) is 0 Å². The third-order valence-corrected chi connectivity index (χ3v) is 2.59. The van der Waals surface area contributed by atoms with Crippen LogP contribution in [-0.4, -0.2) is 35.6 Å². The van der Waals surface area contributed by atoms with Gasteiger partial charge in [0.15, 0.2) is 0 Å². The molecule has 3 nitrogen and oxygen atoms in total. The van der Waals surface area contributed by atoms with E-state index in [1.807, 2.05) is 13.8 Å². The van der Waals surface area contributed by atoms with Crippen molar-refractivity contribution in [1.82, 2.24) is 0 Å². The van der Waals surface area contributed by atoms with Crippen molar-refractivity contribution in [1.29, 1.82) is 0 Å². The molecule has 0 aliphatic heterocycles. The van der Waals surface area contributed by atoms with E-state index in [4.69, 9.17) is 4.74 Å². The molecule has 0 heterocycles. The average molecular weight is 190 g/mol. The lowest BCUT2D eigenvalue weighted by molar-refractivity contribution is -0.0169. The molecule has 80 valence electrons. The second-order valence-electron chi connectivity index (χ2n) is 4.16. The molecule has 0 rings (SSSR count). The molecule has 0 spiro atoms. The van der Waals surface area contributed by atoms with Crippen LogP contribution >= 0.6 is 0 Å². The third-order valence-electron chi connectivity index (χ3n) is 2.59. The molecule has 2 atom stereocenters. The van der Waals surface area contributed by atoms with Crippen LogP contribution in [0.15, 0.2) is 0 Å². The lowest BCUT2D eigenvalue weighted by atomic mass is 9.87. The molecule has 0 aromatic rings. The van der Waals surface area contributed by atoms with Gasteiger partial charge in [0.25, 0.3) is 0 Å². The maximum Gasteiger partial charge on any atom is 0.0774 e. The second kappa shape index (κ2) is 5.58. The molecule has 0 fully saturated rings. The summed E-state index contributed by atoms with van der Waals surface area (Å²) in [5, 5.41) is 19.2. The highest BCUT2D eigenvalue weighted by Gasteiger charge is 2.25. The zero-order chi connectivity index (χ0) is 10.5. The summed E-state index contributed by atoms with van der Waals surface area (Å²) in [6, 6.07) is 0. The minimum absolute atomic E-state index is 0.210. The number of ether oxygens (including phenoxy) is 1. The fraction of sp³-hybridized carbons (Fsp3) is 1.00. The highest BCUT2D eigenvalue weighted by atomic mass is 16.5. The van der Waals surface area contributed by atoms with E-state index in [-0.39, 0.29) is 5.92 Å². The largest absolute Gasteiger partial charge is 0.391 e. The fourth-order valence-electron chi connectivity index (χ4n) is 1.02. The quantitative estimate of drug-likeness (QED) is 0.661. The Kier molecular flexibility index (Phi) is 5.53. The smallest absolute Gasteiger partial charge is 0.0774 e. The van der Waals surface area contributed by atoms with Crippen LogP contribution in [0.5, 0.6) is 0 Å². The summed E-state index contributed by atoms with van der Waals surface area (Å²) in [6.07, 6.45) is 0.726. The first-order chi connectivity index (χ1) is 5.90. The molecule has 2 unspecified atom stereocenters. The number of hydrogen-bond acceptors (Lipinski definition) is 3. The molecule has 3 heteroatoms. The van der Waals surface area contributed by atoms with Crippen molar-refractivity contribution in [3.63, 3.8) is 0 Å². The van der Waals surface area contributed by atoms with Gasteiger partial charge in [-0.25, -0.2) is 0 Å². The molecule has 0 aromatic carbocycles. The molecule has 0 saturated carbocycles. The van der Waals surface area contributed by atoms with Gasteiger partial charge in [-0.1, -0.05) is 13.8 Å². The molecule has 0 aliphatic rings. The average Bonchev–Trinajstić information content (AvgIpc) is 2.01. The predicted octanol–water partition coefficient (Wildman–Crippen LogP) is 1.18. The fourth-order valence-corrected chi connectivity index (χ4v) is 1.02. The zero-order valence-electron chi connectivity index (χ0n) is 9.08. The minimum atomic E-state index is -0.686.